The van der Waals surface area contributed by atoms with E-state index in [1.807, 2.05) is 7.05 Å². The minimum atomic E-state index is 0.441. The van der Waals surface area contributed by atoms with E-state index < -0.39 is 0 Å². The number of hydrogen-bond donors (Lipinski definition) is 1. The zero-order chi connectivity index (χ0) is 9.94. The molecule has 0 aliphatic heterocycles. The predicted molar refractivity (Wildman–Crippen MR) is 56.9 cm³/mol. The van der Waals surface area contributed by atoms with E-state index in [1.54, 1.807) is 0 Å². The first kappa shape index (κ1) is 12.6. The SMILES string of the molecule is CCCC(=O)CCCCCCNC. The van der Waals surface area contributed by atoms with Gasteiger partial charge in [-0.2, -0.15) is 0 Å². The van der Waals surface area contributed by atoms with Crippen molar-refractivity contribution >= 4 is 5.78 Å². The second-order valence-corrected chi connectivity index (χ2v) is 3.56. The van der Waals surface area contributed by atoms with Gasteiger partial charge in [-0.3, -0.25) is 4.79 Å². The number of Topliss-reactive ketones (excluding diaryl/α,β-unsaturated/α-hetero) is 1. The average Bonchev–Trinajstić information content (AvgIpc) is 2.11. The Morgan fingerprint density at radius 1 is 1.08 bits per heavy atom. The Kier molecular flexibility index (Phi) is 9.44. The van der Waals surface area contributed by atoms with E-state index in [9.17, 15) is 4.79 Å². The van der Waals surface area contributed by atoms with Gasteiger partial charge in [0.05, 0.1) is 0 Å². The number of hydrogen-bond acceptors (Lipinski definition) is 2. The highest BCUT2D eigenvalue weighted by atomic mass is 16.1. The topological polar surface area (TPSA) is 29.1 Å². The van der Waals surface area contributed by atoms with Gasteiger partial charge in [0.25, 0.3) is 0 Å². The summed E-state index contributed by atoms with van der Waals surface area (Å²) in [6, 6.07) is 0. The molecule has 0 spiro atoms. The van der Waals surface area contributed by atoms with Gasteiger partial charge in [0.1, 0.15) is 5.78 Å². The highest BCUT2D eigenvalue weighted by Gasteiger charge is 1.98. The zero-order valence-corrected chi connectivity index (χ0v) is 9.07. The fraction of sp³-hybridized carbons (Fsp3) is 0.909. The molecule has 0 amide bonds. The molecule has 1 N–H and O–H groups in total. The summed E-state index contributed by atoms with van der Waals surface area (Å²) < 4.78 is 0. The molecule has 0 saturated carbocycles. The van der Waals surface area contributed by atoms with Gasteiger partial charge in [0.15, 0.2) is 0 Å². The largest absolute Gasteiger partial charge is 0.320 e. The molecular weight excluding hydrogens is 162 g/mol. The number of nitrogens with one attached hydrogen (secondary N) is 1. The first-order chi connectivity index (χ1) is 6.31. The summed E-state index contributed by atoms with van der Waals surface area (Å²) in [5.41, 5.74) is 0. The minimum absolute atomic E-state index is 0.441. The van der Waals surface area contributed by atoms with Gasteiger partial charge in [0.2, 0.25) is 0 Å². The predicted octanol–water partition coefficient (Wildman–Crippen LogP) is 2.53. The smallest absolute Gasteiger partial charge is 0.132 e. The Morgan fingerprint density at radius 3 is 2.38 bits per heavy atom. The molecule has 0 bridgehead atoms. The van der Waals surface area contributed by atoms with Crippen molar-refractivity contribution < 1.29 is 4.79 Å². The standard InChI is InChI=1S/C11H23NO/c1-3-8-11(13)9-6-4-5-7-10-12-2/h12H,3-10H2,1-2H3. The Morgan fingerprint density at radius 2 is 1.77 bits per heavy atom. The number of carbonyl (C=O) groups is 1. The molecule has 0 aromatic rings. The van der Waals surface area contributed by atoms with Gasteiger partial charge in [-0.05, 0) is 32.9 Å². The molecular formula is C11H23NO. The summed E-state index contributed by atoms with van der Waals surface area (Å²) in [5, 5.41) is 3.12. The lowest BCUT2D eigenvalue weighted by atomic mass is 10.1. The average molecular weight is 185 g/mol. The van der Waals surface area contributed by atoms with Crippen molar-refractivity contribution in [2.75, 3.05) is 13.6 Å². The number of rotatable bonds is 9. The highest BCUT2D eigenvalue weighted by Crippen LogP contribution is 2.05. The molecule has 78 valence electrons. The summed E-state index contributed by atoms with van der Waals surface area (Å²) in [4.78, 5) is 11.1. The first-order valence-corrected chi connectivity index (χ1v) is 5.47. The second kappa shape index (κ2) is 9.72. The molecule has 0 unspecified atom stereocenters. The van der Waals surface area contributed by atoms with Crippen molar-refractivity contribution in [2.45, 2.75) is 51.9 Å². The van der Waals surface area contributed by atoms with E-state index in [0.717, 1.165) is 32.2 Å². The molecule has 0 heterocycles. The van der Waals surface area contributed by atoms with Gasteiger partial charge in [-0.25, -0.2) is 0 Å². The Hall–Kier alpha value is -0.370. The second-order valence-electron chi connectivity index (χ2n) is 3.56. The van der Waals surface area contributed by atoms with E-state index in [-0.39, 0.29) is 0 Å². The lowest BCUT2D eigenvalue weighted by Crippen LogP contribution is -2.07. The normalized spacial score (nSPS) is 10.3. The van der Waals surface area contributed by atoms with Gasteiger partial charge >= 0.3 is 0 Å². The van der Waals surface area contributed by atoms with Crippen molar-refractivity contribution in [3.8, 4) is 0 Å². The molecule has 0 fully saturated rings. The molecule has 0 aliphatic carbocycles. The zero-order valence-electron chi connectivity index (χ0n) is 9.07. The maximum atomic E-state index is 11.1. The Balaban J connectivity index is 3.02. The van der Waals surface area contributed by atoms with E-state index in [0.29, 0.717) is 5.78 Å². The van der Waals surface area contributed by atoms with Crippen LogP contribution < -0.4 is 5.32 Å². The quantitative estimate of drug-likeness (QED) is 0.559. The van der Waals surface area contributed by atoms with Crippen LogP contribution in [-0.4, -0.2) is 19.4 Å². The molecule has 0 aliphatic rings. The van der Waals surface area contributed by atoms with Crippen molar-refractivity contribution in [1.29, 1.82) is 0 Å². The number of carbonyl (C=O) groups excluding carboxylic acids is 1. The fourth-order valence-corrected chi connectivity index (χ4v) is 1.38. The summed E-state index contributed by atoms with van der Waals surface area (Å²) in [6.07, 6.45) is 7.35. The number of ketones is 1. The van der Waals surface area contributed by atoms with E-state index in [1.165, 1.54) is 19.3 Å². The third-order valence-corrected chi connectivity index (χ3v) is 2.16. The van der Waals surface area contributed by atoms with Crippen LogP contribution in [0.1, 0.15) is 51.9 Å². The van der Waals surface area contributed by atoms with E-state index in [4.69, 9.17) is 0 Å². The van der Waals surface area contributed by atoms with Crippen molar-refractivity contribution in [2.24, 2.45) is 0 Å². The van der Waals surface area contributed by atoms with Crippen LogP contribution in [0.3, 0.4) is 0 Å². The van der Waals surface area contributed by atoms with Gasteiger partial charge in [-0.1, -0.05) is 19.8 Å². The summed E-state index contributed by atoms with van der Waals surface area (Å²) in [7, 11) is 1.98. The first-order valence-electron chi connectivity index (χ1n) is 5.47. The molecule has 2 heteroatoms. The third-order valence-electron chi connectivity index (χ3n) is 2.16. The lowest BCUT2D eigenvalue weighted by molar-refractivity contribution is -0.119. The van der Waals surface area contributed by atoms with E-state index in [2.05, 4.69) is 12.2 Å². The van der Waals surface area contributed by atoms with E-state index >= 15 is 0 Å². The van der Waals surface area contributed by atoms with Crippen LogP contribution in [0.25, 0.3) is 0 Å². The molecule has 0 saturated heterocycles. The Labute approximate surface area is 82.1 Å². The van der Waals surface area contributed by atoms with Gasteiger partial charge in [0, 0.05) is 12.8 Å². The third kappa shape index (κ3) is 9.54. The summed E-state index contributed by atoms with van der Waals surface area (Å²) in [6.45, 7) is 3.16. The monoisotopic (exact) mass is 185 g/mol. The van der Waals surface area contributed by atoms with Crippen molar-refractivity contribution in [3.05, 3.63) is 0 Å². The van der Waals surface area contributed by atoms with Crippen LogP contribution in [0, 0.1) is 0 Å². The molecule has 0 aromatic heterocycles. The molecule has 2 nitrogen and oxygen atoms in total. The van der Waals surface area contributed by atoms with Crippen molar-refractivity contribution in [1.82, 2.24) is 5.32 Å². The molecule has 0 rings (SSSR count). The van der Waals surface area contributed by atoms with Crippen LogP contribution >= 0.6 is 0 Å². The minimum Gasteiger partial charge on any atom is -0.320 e. The molecule has 13 heavy (non-hydrogen) atoms. The number of unbranched alkanes of at least 4 members (excludes halogenated alkanes) is 3. The molecule has 0 aromatic carbocycles. The maximum Gasteiger partial charge on any atom is 0.132 e. The van der Waals surface area contributed by atoms with Crippen LogP contribution in [-0.2, 0) is 4.79 Å². The van der Waals surface area contributed by atoms with Gasteiger partial charge < -0.3 is 5.32 Å². The van der Waals surface area contributed by atoms with Crippen LogP contribution in [0.15, 0.2) is 0 Å². The molecule has 0 atom stereocenters. The highest BCUT2D eigenvalue weighted by molar-refractivity contribution is 5.78. The Bertz CT molecular complexity index is 123. The van der Waals surface area contributed by atoms with Crippen molar-refractivity contribution in [3.63, 3.8) is 0 Å². The summed E-state index contributed by atoms with van der Waals surface area (Å²) >= 11 is 0. The van der Waals surface area contributed by atoms with Crippen LogP contribution in [0.5, 0.6) is 0 Å². The fourth-order valence-electron chi connectivity index (χ4n) is 1.38. The van der Waals surface area contributed by atoms with Gasteiger partial charge in [-0.15, -0.1) is 0 Å². The maximum absolute atomic E-state index is 11.1. The molecule has 0 radical (unpaired) electrons. The lowest BCUT2D eigenvalue weighted by Gasteiger charge is -2.00. The van der Waals surface area contributed by atoms with Crippen LogP contribution in [0.4, 0.5) is 0 Å². The van der Waals surface area contributed by atoms with Crippen LogP contribution in [0.2, 0.25) is 0 Å². The summed E-state index contributed by atoms with van der Waals surface area (Å²) in [5.74, 6) is 0.441.